The van der Waals surface area contributed by atoms with Crippen LogP contribution in [-0.4, -0.2) is 17.2 Å². The predicted octanol–water partition coefficient (Wildman–Crippen LogP) is 2.24. The molecule has 0 radical (unpaired) electrons. The summed E-state index contributed by atoms with van der Waals surface area (Å²) < 4.78 is 12.9. The van der Waals surface area contributed by atoms with Gasteiger partial charge in [-0.1, -0.05) is 0 Å². The number of hydrogen-bond acceptors (Lipinski definition) is 1. The lowest BCUT2D eigenvalue weighted by molar-refractivity contribution is 0.176. The molecule has 0 aromatic rings. The Morgan fingerprint density at radius 1 is 1.38 bits per heavy atom. The summed E-state index contributed by atoms with van der Waals surface area (Å²) in [6, 6.07) is 0. The molecule has 8 heavy (non-hydrogen) atoms. The van der Waals surface area contributed by atoms with Crippen LogP contribution in [0.15, 0.2) is 0 Å². The Kier molecular flexibility index (Phi) is 1.81. The van der Waals surface area contributed by atoms with Gasteiger partial charge in [0.15, 0.2) is 0 Å². The summed E-state index contributed by atoms with van der Waals surface area (Å²) in [6.45, 7) is 1.70. The Labute approximate surface area is 53.8 Å². The van der Waals surface area contributed by atoms with Crippen LogP contribution in [0.2, 0.25) is 0 Å². The van der Waals surface area contributed by atoms with Crippen molar-refractivity contribution in [3.63, 3.8) is 0 Å². The van der Waals surface area contributed by atoms with Gasteiger partial charge < -0.3 is 0 Å². The van der Waals surface area contributed by atoms with Gasteiger partial charge in [0.05, 0.1) is 0 Å². The zero-order valence-corrected chi connectivity index (χ0v) is 5.93. The van der Waals surface area contributed by atoms with Gasteiger partial charge in [-0.2, -0.15) is 11.8 Å². The van der Waals surface area contributed by atoms with E-state index in [1.54, 1.807) is 6.92 Å². The molecule has 0 unspecified atom stereocenters. The minimum Gasteiger partial charge on any atom is -0.244 e. The Balaban J connectivity index is 2.33. The van der Waals surface area contributed by atoms with Crippen LogP contribution in [0.1, 0.15) is 19.8 Å². The molecule has 0 spiro atoms. The number of alkyl halides is 1. The summed E-state index contributed by atoms with van der Waals surface area (Å²) in [5, 5.41) is 0. The summed E-state index contributed by atoms with van der Waals surface area (Å²) in [7, 11) is 0. The molecular weight excluding hydrogens is 123 g/mol. The molecule has 0 aromatic heterocycles. The van der Waals surface area contributed by atoms with Crippen molar-refractivity contribution in [2.24, 2.45) is 0 Å². The van der Waals surface area contributed by atoms with Gasteiger partial charge in [-0.15, -0.1) is 0 Å². The first-order chi connectivity index (χ1) is 3.71. The first-order valence-electron chi connectivity index (χ1n) is 2.97. The molecule has 0 saturated carbocycles. The first kappa shape index (κ1) is 6.40. The predicted molar refractivity (Wildman–Crippen MR) is 36.1 cm³/mol. The van der Waals surface area contributed by atoms with Gasteiger partial charge in [0.25, 0.3) is 0 Å². The summed E-state index contributed by atoms with van der Waals surface area (Å²) in [5.41, 5.74) is -0.842. The van der Waals surface area contributed by atoms with Gasteiger partial charge in [0, 0.05) is 0 Å². The summed E-state index contributed by atoms with van der Waals surface area (Å²) in [6.07, 6.45) is 1.50. The van der Waals surface area contributed by atoms with Gasteiger partial charge in [-0.3, -0.25) is 0 Å². The fourth-order valence-corrected chi connectivity index (χ4v) is 2.14. The standard InChI is InChI=1S/C6H11FS/c1-6(7)2-4-8-5-3-6/h2-5H2,1H3. The van der Waals surface area contributed by atoms with Crippen molar-refractivity contribution >= 4 is 11.8 Å². The summed E-state index contributed by atoms with van der Waals surface area (Å²) in [5.74, 6) is 2.01. The summed E-state index contributed by atoms with van der Waals surface area (Å²) in [4.78, 5) is 0. The molecule has 1 aliphatic heterocycles. The van der Waals surface area contributed by atoms with Crippen LogP contribution in [0, 0.1) is 0 Å². The van der Waals surface area contributed by atoms with Crippen LogP contribution in [0.25, 0.3) is 0 Å². The average molecular weight is 134 g/mol. The van der Waals surface area contributed by atoms with Crippen molar-refractivity contribution in [3.8, 4) is 0 Å². The lowest BCUT2D eigenvalue weighted by Crippen LogP contribution is -2.23. The van der Waals surface area contributed by atoms with Gasteiger partial charge in [-0.05, 0) is 31.3 Å². The molecule has 0 atom stereocenters. The maximum atomic E-state index is 12.9. The van der Waals surface area contributed by atoms with Crippen LogP contribution in [0.5, 0.6) is 0 Å². The molecule has 0 amide bonds. The van der Waals surface area contributed by atoms with Crippen molar-refractivity contribution in [1.29, 1.82) is 0 Å². The molecule has 48 valence electrons. The second-order valence-electron chi connectivity index (χ2n) is 2.53. The van der Waals surface area contributed by atoms with E-state index in [0.717, 1.165) is 24.3 Å². The molecule has 1 rings (SSSR count). The van der Waals surface area contributed by atoms with Gasteiger partial charge in [-0.25, -0.2) is 4.39 Å². The van der Waals surface area contributed by atoms with Crippen LogP contribution in [0.3, 0.4) is 0 Å². The molecule has 0 nitrogen and oxygen atoms in total. The SMILES string of the molecule is CC1(F)CCSCC1. The largest absolute Gasteiger partial charge is 0.244 e. The molecule has 2 heteroatoms. The molecule has 1 heterocycles. The molecule has 0 N–H and O–H groups in total. The minimum absolute atomic E-state index is 0.748. The number of hydrogen-bond donors (Lipinski definition) is 0. The Morgan fingerprint density at radius 3 is 2.12 bits per heavy atom. The van der Waals surface area contributed by atoms with E-state index in [-0.39, 0.29) is 0 Å². The summed E-state index contributed by atoms with van der Waals surface area (Å²) >= 11 is 1.86. The molecular formula is C6H11FS. The van der Waals surface area contributed by atoms with E-state index in [1.165, 1.54) is 0 Å². The fourth-order valence-electron chi connectivity index (χ4n) is 0.797. The highest BCUT2D eigenvalue weighted by Crippen LogP contribution is 2.29. The molecule has 1 fully saturated rings. The molecule has 1 saturated heterocycles. The first-order valence-corrected chi connectivity index (χ1v) is 4.13. The number of thioether (sulfide) groups is 1. The molecule has 0 bridgehead atoms. The van der Waals surface area contributed by atoms with Crippen molar-refractivity contribution in [2.75, 3.05) is 11.5 Å². The zero-order valence-electron chi connectivity index (χ0n) is 5.11. The smallest absolute Gasteiger partial charge is 0.109 e. The Hall–Kier alpha value is 0.280. The van der Waals surface area contributed by atoms with Crippen molar-refractivity contribution in [3.05, 3.63) is 0 Å². The highest BCUT2D eigenvalue weighted by atomic mass is 32.2. The van der Waals surface area contributed by atoms with Gasteiger partial charge in [0.1, 0.15) is 5.67 Å². The zero-order chi connectivity index (χ0) is 6.04. The molecule has 1 aliphatic rings. The third-order valence-electron chi connectivity index (χ3n) is 1.54. The molecule has 0 aromatic carbocycles. The topological polar surface area (TPSA) is 0 Å². The van der Waals surface area contributed by atoms with E-state index in [4.69, 9.17) is 0 Å². The van der Waals surface area contributed by atoms with Crippen LogP contribution < -0.4 is 0 Å². The normalized spacial score (nSPS) is 27.8. The minimum atomic E-state index is -0.842. The van der Waals surface area contributed by atoms with E-state index in [1.807, 2.05) is 11.8 Å². The van der Waals surface area contributed by atoms with E-state index in [2.05, 4.69) is 0 Å². The number of halogens is 1. The highest BCUT2D eigenvalue weighted by Gasteiger charge is 2.25. The van der Waals surface area contributed by atoms with Crippen LogP contribution >= 0.6 is 11.8 Å². The van der Waals surface area contributed by atoms with Gasteiger partial charge in [0.2, 0.25) is 0 Å². The Morgan fingerprint density at radius 2 is 1.88 bits per heavy atom. The van der Waals surface area contributed by atoms with Crippen LogP contribution in [0.4, 0.5) is 4.39 Å². The van der Waals surface area contributed by atoms with Crippen LogP contribution in [-0.2, 0) is 0 Å². The average Bonchev–Trinajstić information content (AvgIpc) is 1.65. The fraction of sp³-hybridized carbons (Fsp3) is 1.00. The van der Waals surface area contributed by atoms with Gasteiger partial charge >= 0.3 is 0 Å². The maximum absolute atomic E-state index is 12.9. The third-order valence-corrected chi connectivity index (χ3v) is 2.52. The van der Waals surface area contributed by atoms with E-state index in [9.17, 15) is 4.39 Å². The second-order valence-corrected chi connectivity index (χ2v) is 3.75. The second kappa shape index (κ2) is 2.26. The quantitative estimate of drug-likeness (QED) is 0.489. The lowest BCUT2D eigenvalue weighted by Gasteiger charge is -2.24. The van der Waals surface area contributed by atoms with Crippen molar-refractivity contribution < 1.29 is 4.39 Å². The van der Waals surface area contributed by atoms with E-state index >= 15 is 0 Å². The highest BCUT2D eigenvalue weighted by molar-refractivity contribution is 7.99. The third kappa shape index (κ3) is 1.66. The van der Waals surface area contributed by atoms with E-state index < -0.39 is 5.67 Å². The van der Waals surface area contributed by atoms with E-state index in [0.29, 0.717) is 0 Å². The lowest BCUT2D eigenvalue weighted by atomic mass is 10.0. The van der Waals surface area contributed by atoms with Crippen molar-refractivity contribution in [1.82, 2.24) is 0 Å². The molecule has 0 aliphatic carbocycles. The number of rotatable bonds is 0. The monoisotopic (exact) mass is 134 g/mol. The van der Waals surface area contributed by atoms with Crippen molar-refractivity contribution in [2.45, 2.75) is 25.4 Å². The Bertz CT molecular complexity index is 72.6. The maximum Gasteiger partial charge on any atom is 0.109 e.